The number of rotatable bonds is 9. The van der Waals surface area contributed by atoms with Gasteiger partial charge in [0.05, 0.1) is 20.3 Å². The molecule has 2 aromatic carbocycles. The van der Waals surface area contributed by atoms with Gasteiger partial charge in [-0.2, -0.15) is 0 Å². The average molecular weight is 625 g/mol. The first-order valence-corrected chi connectivity index (χ1v) is 13.4. The van der Waals surface area contributed by atoms with Crippen LogP contribution in [0.25, 0.3) is 22.3 Å². The number of methoxy groups -OCH3 is 1. The summed E-state index contributed by atoms with van der Waals surface area (Å²) in [4.78, 5) is 12.7. The van der Waals surface area contributed by atoms with Gasteiger partial charge in [-0.05, 0) is 18.2 Å². The molecule has 240 valence electrons. The quantitative estimate of drug-likeness (QED) is 0.123. The standard InChI is InChI=1S/C28H32O16/c1-39-11-5-13(32)20-14(33)7-16(40-17(20)6-11)10-2-3-15(12(31)4-10)41-28-25(38)23(36)26(44-28)19(9-30)43-27-24(37)22(35)21(34)18(8-29)42-27/h2-7,18-19,21-32,34-38H,8-9H2,1H3. The van der Waals surface area contributed by atoms with Gasteiger partial charge in [0.25, 0.3) is 0 Å². The summed E-state index contributed by atoms with van der Waals surface area (Å²) in [5.74, 6) is -0.712. The number of aliphatic hydroxyl groups is 7. The van der Waals surface area contributed by atoms with Gasteiger partial charge in [-0.25, -0.2) is 0 Å². The molecule has 0 saturated carbocycles. The molecule has 3 heterocycles. The molecule has 0 bridgehead atoms. The van der Waals surface area contributed by atoms with E-state index in [1.807, 2.05) is 0 Å². The topological polar surface area (TPSA) is 258 Å². The third kappa shape index (κ3) is 5.92. The molecule has 0 radical (unpaired) electrons. The molecule has 3 aromatic rings. The van der Waals surface area contributed by atoms with Crippen LogP contribution in [0.4, 0.5) is 0 Å². The van der Waals surface area contributed by atoms with Crippen LogP contribution in [0.3, 0.4) is 0 Å². The summed E-state index contributed by atoms with van der Waals surface area (Å²) in [6.07, 6.45) is -16.1. The Labute approximate surface area is 248 Å². The van der Waals surface area contributed by atoms with Crippen molar-refractivity contribution in [1.82, 2.24) is 0 Å². The molecular formula is C28H32O16. The maximum atomic E-state index is 12.7. The van der Waals surface area contributed by atoms with Crippen molar-refractivity contribution in [3.05, 3.63) is 46.6 Å². The molecule has 16 heteroatoms. The molecule has 2 aliphatic heterocycles. The summed E-state index contributed by atoms with van der Waals surface area (Å²) in [7, 11) is 1.38. The second kappa shape index (κ2) is 12.8. The van der Waals surface area contributed by atoms with Crippen molar-refractivity contribution in [2.75, 3.05) is 20.3 Å². The zero-order chi connectivity index (χ0) is 31.9. The predicted octanol–water partition coefficient (Wildman–Crippen LogP) is -2.12. The largest absolute Gasteiger partial charge is 0.507 e. The van der Waals surface area contributed by atoms with Crippen LogP contribution in [0.1, 0.15) is 0 Å². The maximum absolute atomic E-state index is 12.7. The van der Waals surface area contributed by atoms with Gasteiger partial charge >= 0.3 is 0 Å². The molecule has 0 amide bonds. The zero-order valence-electron chi connectivity index (χ0n) is 23.0. The second-order valence-electron chi connectivity index (χ2n) is 10.3. The molecule has 1 aromatic heterocycles. The Morgan fingerprint density at radius 1 is 0.841 bits per heavy atom. The van der Waals surface area contributed by atoms with Crippen LogP contribution in [0, 0.1) is 0 Å². The third-order valence-corrected chi connectivity index (χ3v) is 7.47. The fourth-order valence-electron chi connectivity index (χ4n) is 5.05. The van der Waals surface area contributed by atoms with Gasteiger partial charge in [0.2, 0.25) is 6.29 Å². The van der Waals surface area contributed by atoms with Crippen LogP contribution in [-0.2, 0) is 14.2 Å². The number of fused-ring (bicyclic) bond motifs is 1. The van der Waals surface area contributed by atoms with E-state index >= 15 is 0 Å². The lowest BCUT2D eigenvalue weighted by Gasteiger charge is -2.41. The third-order valence-electron chi connectivity index (χ3n) is 7.47. The Hall–Kier alpha value is -3.55. The molecule has 10 unspecified atom stereocenters. The van der Waals surface area contributed by atoms with Crippen molar-refractivity contribution in [3.63, 3.8) is 0 Å². The highest BCUT2D eigenvalue weighted by Gasteiger charge is 2.51. The minimum Gasteiger partial charge on any atom is -0.507 e. The van der Waals surface area contributed by atoms with Gasteiger partial charge in [0, 0.05) is 23.8 Å². The number of aliphatic hydroxyl groups excluding tert-OH is 7. The summed E-state index contributed by atoms with van der Waals surface area (Å²) >= 11 is 0. The van der Waals surface area contributed by atoms with Gasteiger partial charge in [-0.3, -0.25) is 4.79 Å². The molecule has 44 heavy (non-hydrogen) atoms. The monoisotopic (exact) mass is 624 g/mol. The Morgan fingerprint density at radius 2 is 1.57 bits per heavy atom. The number of hydrogen-bond acceptors (Lipinski definition) is 16. The van der Waals surface area contributed by atoms with Crippen molar-refractivity contribution in [1.29, 1.82) is 0 Å². The van der Waals surface area contributed by atoms with E-state index in [1.54, 1.807) is 0 Å². The summed E-state index contributed by atoms with van der Waals surface area (Å²) < 4.78 is 32.8. The van der Waals surface area contributed by atoms with Crippen LogP contribution in [-0.4, -0.2) is 128 Å². The molecule has 2 saturated heterocycles. The van der Waals surface area contributed by atoms with Gasteiger partial charge in [-0.1, -0.05) is 0 Å². The number of phenolic OH excluding ortho intramolecular Hbond substituents is 2. The first-order chi connectivity index (χ1) is 21.0. The number of ether oxygens (including phenoxy) is 5. The summed E-state index contributed by atoms with van der Waals surface area (Å²) in [5.41, 5.74) is -0.264. The maximum Gasteiger partial charge on any atom is 0.229 e. The molecule has 2 fully saturated rings. The average Bonchev–Trinajstić information content (AvgIpc) is 3.28. The number of aromatic hydroxyl groups is 2. The highest BCUT2D eigenvalue weighted by Crippen LogP contribution is 2.37. The Bertz CT molecular complexity index is 1520. The molecule has 0 aliphatic carbocycles. The Kier molecular flexibility index (Phi) is 9.28. The molecule has 10 atom stereocenters. The predicted molar refractivity (Wildman–Crippen MR) is 145 cm³/mol. The van der Waals surface area contributed by atoms with E-state index in [9.17, 15) is 50.8 Å². The lowest BCUT2D eigenvalue weighted by atomic mass is 9.99. The highest BCUT2D eigenvalue weighted by molar-refractivity contribution is 5.86. The van der Waals surface area contributed by atoms with E-state index in [-0.39, 0.29) is 39.5 Å². The Morgan fingerprint density at radius 3 is 2.23 bits per heavy atom. The lowest BCUT2D eigenvalue weighted by Crippen LogP contribution is -2.60. The molecule has 5 rings (SSSR count). The fraction of sp³-hybridized carbons (Fsp3) is 0.464. The van der Waals surface area contributed by atoms with E-state index in [2.05, 4.69) is 0 Å². The minimum atomic E-state index is -1.80. The highest BCUT2D eigenvalue weighted by atomic mass is 16.7. The first kappa shape index (κ1) is 31.9. The molecule has 9 N–H and O–H groups in total. The van der Waals surface area contributed by atoms with Crippen molar-refractivity contribution in [3.8, 4) is 34.3 Å². The van der Waals surface area contributed by atoms with Gasteiger partial charge in [-0.15, -0.1) is 0 Å². The van der Waals surface area contributed by atoms with Gasteiger partial charge < -0.3 is 74.1 Å². The van der Waals surface area contributed by atoms with Crippen LogP contribution in [0.5, 0.6) is 23.0 Å². The lowest BCUT2D eigenvalue weighted by molar-refractivity contribution is -0.322. The van der Waals surface area contributed by atoms with E-state index in [1.165, 1.54) is 37.4 Å². The first-order valence-electron chi connectivity index (χ1n) is 13.4. The fourth-order valence-corrected chi connectivity index (χ4v) is 5.05. The SMILES string of the molecule is COc1cc(O)c2c(=O)cc(-c3ccc(OC4OC(C(CO)OC5OC(CO)C(O)C(O)C5O)C(O)C4O)c(O)c3)oc2c1. The number of phenols is 2. The van der Waals surface area contributed by atoms with Crippen molar-refractivity contribution < 1.29 is 74.1 Å². The van der Waals surface area contributed by atoms with E-state index in [0.717, 1.165) is 6.07 Å². The van der Waals surface area contributed by atoms with Crippen LogP contribution >= 0.6 is 0 Å². The van der Waals surface area contributed by atoms with E-state index < -0.39 is 85.8 Å². The normalized spacial score (nSPS) is 31.2. The van der Waals surface area contributed by atoms with Crippen molar-refractivity contribution >= 4 is 11.0 Å². The van der Waals surface area contributed by atoms with Gasteiger partial charge in [0.15, 0.2) is 23.2 Å². The summed E-state index contributed by atoms with van der Waals surface area (Å²) in [5, 5.41) is 91.4. The minimum absolute atomic E-state index is 0.0380. The van der Waals surface area contributed by atoms with Crippen molar-refractivity contribution in [2.24, 2.45) is 0 Å². The van der Waals surface area contributed by atoms with Gasteiger partial charge in [0.1, 0.15) is 77.1 Å². The number of benzene rings is 2. The number of hydrogen-bond donors (Lipinski definition) is 9. The smallest absolute Gasteiger partial charge is 0.229 e. The summed E-state index contributed by atoms with van der Waals surface area (Å²) in [6, 6.07) is 7.71. The van der Waals surface area contributed by atoms with Crippen LogP contribution < -0.4 is 14.9 Å². The van der Waals surface area contributed by atoms with Crippen LogP contribution in [0.15, 0.2) is 45.6 Å². The summed E-state index contributed by atoms with van der Waals surface area (Å²) in [6.45, 7) is -1.55. The molecule has 0 spiro atoms. The van der Waals surface area contributed by atoms with Crippen molar-refractivity contribution in [2.45, 2.75) is 61.4 Å². The second-order valence-corrected chi connectivity index (χ2v) is 10.3. The van der Waals surface area contributed by atoms with E-state index in [0.29, 0.717) is 0 Å². The molecular weight excluding hydrogens is 592 g/mol. The zero-order valence-corrected chi connectivity index (χ0v) is 23.0. The molecule has 2 aliphatic rings. The molecule has 16 nitrogen and oxygen atoms in total. The Balaban J connectivity index is 1.31. The van der Waals surface area contributed by atoms with E-state index in [4.69, 9.17) is 28.1 Å². The van der Waals surface area contributed by atoms with Crippen LogP contribution in [0.2, 0.25) is 0 Å².